The van der Waals surface area contributed by atoms with Gasteiger partial charge in [0.15, 0.2) is 0 Å². The van der Waals surface area contributed by atoms with Crippen LogP contribution in [0.15, 0.2) is 132 Å². The number of nitrogens with zero attached hydrogens (tertiary/aromatic N) is 2. The quantitative estimate of drug-likeness (QED) is 0.212. The van der Waals surface area contributed by atoms with Crippen LogP contribution in [0.4, 0.5) is 11.4 Å². The van der Waals surface area contributed by atoms with Gasteiger partial charge in [0.1, 0.15) is 36.1 Å². The van der Waals surface area contributed by atoms with Gasteiger partial charge in [-0.1, -0.05) is 97.1 Å². The summed E-state index contributed by atoms with van der Waals surface area (Å²) < 4.78 is 12.9. The molecule has 0 radical (unpaired) electrons. The summed E-state index contributed by atoms with van der Waals surface area (Å²) in [5.41, 5.74) is 5.89. The lowest BCUT2D eigenvalue weighted by molar-refractivity contribution is 0.305. The number of rotatable bonds is 0. The second-order valence-corrected chi connectivity index (χ2v) is 9.35. The van der Waals surface area contributed by atoms with Crippen LogP contribution in [0, 0.1) is 0 Å². The van der Waals surface area contributed by atoms with E-state index in [1.165, 1.54) is 32.7 Å². The number of para-hydroxylation sites is 2. The largest absolute Gasteiger partial charge is 0.487 e. The lowest BCUT2D eigenvalue weighted by Gasteiger charge is -2.20. The van der Waals surface area contributed by atoms with E-state index in [0.717, 1.165) is 11.1 Å². The van der Waals surface area contributed by atoms with Gasteiger partial charge in [-0.25, -0.2) is 0 Å². The molecular weight excluding hydrogens is 468 g/mol. The maximum atomic E-state index is 6.44. The lowest BCUT2D eigenvalue weighted by Crippen LogP contribution is -2.04. The van der Waals surface area contributed by atoms with Gasteiger partial charge in [0.2, 0.25) is 0 Å². The zero-order chi connectivity index (χ0) is 25.3. The highest BCUT2D eigenvalue weighted by atomic mass is 16.5. The molecule has 0 spiro atoms. The average molecular weight is 493 g/mol. The second kappa shape index (κ2) is 9.49. The molecule has 0 saturated carbocycles. The first-order valence-electron chi connectivity index (χ1n) is 12.7. The van der Waals surface area contributed by atoms with Crippen LogP contribution in [0.2, 0.25) is 0 Å². The van der Waals surface area contributed by atoms with E-state index in [2.05, 4.69) is 83.0 Å². The molecule has 0 N–H and O–H groups in total. The minimum Gasteiger partial charge on any atom is -0.487 e. The van der Waals surface area contributed by atoms with Crippen LogP contribution >= 0.6 is 0 Å². The number of fused-ring (bicyclic) bond motifs is 9. The van der Waals surface area contributed by atoms with Gasteiger partial charge in [0.05, 0.1) is 0 Å². The number of hydrogen-bond acceptors (Lipinski definition) is 4. The molecule has 38 heavy (non-hydrogen) atoms. The Morgan fingerprint density at radius 3 is 1.34 bits per heavy atom. The first kappa shape index (κ1) is 22.3. The fraction of sp³-hybridized carbons (Fsp3) is 0.0588. The van der Waals surface area contributed by atoms with Crippen LogP contribution in [0.3, 0.4) is 0 Å². The molecule has 4 nitrogen and oxygen atoms in total. The van der Waals surface area contributed by atoms with Crippen LogP contribution < -0.4 is 9.47 Å². The molecule has 1 aliphatic rings. The average Bonchev–Trinajstić information content (AvgIpc) is 2.98. The van der Waals surface area contributed by atoms with Gasteiger partial charge < -0.3 is 9.47 Å². The van der Waals surface area contributed by atoms with Crippen molar-refractivity contribution in [1.29, 1.82) is 0 Å². The van der Waals surface area contributed by atoms with Crippen molar-refractivity contribution in [2.75, 3.05) is 0 Å². The second-order valence-electron chi connectivity index (χ2n) is 9.35. The maximum Gasteiger partial charge on any atom is 0.147 e. The Bertz CT molecular complexity index is 1710. The molecule has 6 aromatic carbocycles. The molecule has 6 aromatic rings. The third-order valence-corrected chi connectivity index (χ3v) is 7.04. The monoisotopic (exact) mass is 492 g/mol. The molecule has 0 aromatic heterocycles. The van der Waals surface area contributed by atoms with Crippen LogP contribution in [-0.4, -0.2) is 0 Å². The molecule has 0 fully saturated rings. The first-order valence-corrected chi connectivity index (χ1v) is 12.7. The summed E-state index contributed by atoms with van der Waals surface area (Å²) in [5.74, 6) is 1.37. The molecule has 4 heteroatoms. The topological polar surface area (TPSA) is 43.2 Å². The van der Waals surface area contributed by atoms with Crippen LogP contribution in [0.1, 0.15) is 11.1 Å². The SMILES string of the molecule is c1ccc2c(c1)N=Nc1ccccc1OCc1ccc3ccccc3c1-c1c(ccc3ccccc13)CO2. The van der Waals surface area contributed by atoms with E-state index in [-0.39, 0.29) is 0 Å². The van der Waals surface area contributed by atoms with Gasteiger partial charge >= 0.3 is 0 Å². The minimum absolute atomic E-state index is 0.396. The summed E-state index contributed by atoms with van der Waals surface area (Å²) in [6.45, 7) is 0.791. The normalized spacial score (nSPS) is 12.8. The van der Waals surface area contributed by atoms with E-state index in [1.807, 2.05) is 48.5 Å². The zero-order valence-corrected chi connectivity index (χ0v) is 20.7. The Kier molecular flexibility index (Phi) is 5.56. The summed E-state index contributed by atoms with van der Waals surface area (Å²) in [4.78, 5) is 0. The minimum atomic E-state index is 0.396. The molecule has 0 amide bonds. The summed E-state index contributed by atoms with van der Waals surface area (Å²) in [7, 11) is 0. The van der Waals surface area contributed by atoms with Crippen LogP contribution in [0.5, 0.6) is 11.5 Å². The fourth-order valence-corrected chi connectivity index (χ4v) is 5.21. The van der Waals surface area contributed by atoms with Crippen molar-refractivity contribution in [2.24, 2.45) is 10.2 Å². The smallest absolute Gasteiger partial charge is 0.147 e. The van der Waals surface area contributed by atoms with Gasteiger partial charge in [0, 0.05) is 0 Å². The molecule has 0 aliphatic carbocycles. The van der Waals surface area contributed by atoms with Crippen molar-refractivity contribution in [2.45, 2.75) is 13.2 Å². The summed E-state index contributed by atoms with van der Waals surface area (Å²) in [5, 5.41) is 13.8. The number of benzene rings is 6. The number of azo groups is 1. The standard InChI is InChI=1S/C34H24N2O2/c1-3-11-27-23(9-1)17-19-25-21-37-31-15-7-5-13-29(31)35-36-30-14-6-8-16-32(30)38-22-26-20-18-24-10-2-4-12-28(24)34(26)33(25)27/h1-20H,21-22H2. The Balaban J connectivity index is 1.53. The highest BCUT2D eigenvalue weighted by Crippen LogP contribution is 2.41. The van der Waals surface area contributed by atoms with Crippen LogP contribution in [-0.2, 0) is 13.2 Å². The molecule has 1 aliphatic heterocycles. The first-order chi connectivity index (χ1) is 18.8. The lowest BCUT2D eigenvalue weighted by atomic mass is 9.87. The Morgan fingerprint density at radius 2 is 0.842 bits per heavy atom. The van der Waals surface area contributed by atoms with E-state index >= 15 is 0 Å². The highest BCUT2D eigenvalue weighted by molar-refractivity contribution is 6.07. The Labute approximate surface area is 220 Å². The molecule has 0 atom stereocenters. The third-order valence-electron chi connectivity index (χ3n) is 7.04. The van der Waals surface area contributed by atoms with Crippen molar-refractivity contribution in [3.63, 3.8) is 0 Å². The van der Waals surface area contributed by atoms with Crippen molar-refractivity contribution >= 4 is 32.9 Å². The van der Waals surface area contributed by atoms with Crippen molar-refractivity contribution < 1.29 is 9.47 Å². The van der Waals surface area contributed by atoms with E-state index in [4.69, 9.17) is 9.47 Å². The predicted molar refractivity (Wildman–Crippen MR) is 153 cm³/mol. The van der Waals surface area contributed by atoms with Gasteiger partial charge in [-0.05, 0) is 68.1 Å². The summed E-state index contributed by atoms with van der Waals surface area (Å²) in [6.07, 6.45) is 0. The molecule has 1 heterocycles. The van der Waals surface area contributed by atoms with Gasteiger partial charge in [-0.3, -0.25) is 0 Å². The predicted octanol–water partition coefficient (Wildman–Crippen LogP) is 9.55. The van der Waals surface area contributed by atoms with Crippen LogP contribution in [0.25, 0.3) is 32.7 Å². The number of hydrogen-bond donors (Lipinski definition) is 0. The van der Waals surface area contributed by atoms with Gasteiger partial charge in [-0.15, -0.1) is 10.2 Å². The van der Waals surface area contributed by atoms with E-state index in [1.54, 1.807) is 0 Å². The van der Waals surface area contributed by atoms with Crippen molar-refractivity contribution in [1.82, 2.24) is 0 Å². The van der Waals surface area contributed by atoms with Gasteiger partial charge in [0.25, 0.3) is 0 Å². The molecule has 0 bridgehead atoms. The van der Waals surface area contributed by atoms with E-state index in [0.29, 0.717) is 36.1 Å². The third kappa shape index (κ3) is 3.97. The molecule has 0 unspecified atom stereocenters. The highest BCUT2D eigenvalue weighted by Gasteiger charge is 2.19. The Morgan fingerprint density at radius 1 is 0.421 bits per heavy atom. The van der Waals surface area contributed by atoms with Crippen molar-refractivity contribution in [3.8, 4) is 22.6 Å². The van der Waals surface area contributed by atoms with Crippen molar-refractivity contribution in [3.05, 3.63) is 132 Å². The summed E-state index contributed by atoms with van der Waals surface area (Å²) >= 11 is 0. The summed E-state index contributed by atoms with van der Waals surface area (Å²) in [6, 6.07) is 41.3. The Hall–Kier alpha value is -4.96. The zero-order valence-electron chi connectivity index (χ0n) is 20.7. The molecule has 0 saturated heterocycles. The molecular formula is C34H24N2O2. The van der Waals surface area contributed by atoms with Gasteiger partial charge in [-0.2, -0.15) is 0 Å². The maximum absolute atomic E-state index is 6.44. The van der Waals surface area contributed by atoms with E-state index in [9.17, 15) is 0 Å². The molecule has 182 valence electrons. The fourth-order valence-electron chi connectivity index (χ4n) is 5.21. The van der Waals surface area contributed by atoms with E-state index < -0.39 is 0 Å². The molecule has 7 rings (SSSR count). The number of ether oxygens (including phenoxy) is 2.